The third kappa shape index (κ3) is 5.00. The highest BCUT2D eigenvalue weighted by atomic mass is 15.1. The molecule has 4 heteroatoms. The fourth-order valence-electron chi connectivity index (χ4n) is 1.42. The minimum Gasteiger partial charge on any atom is -0.311 e. The van der Waals surface area contributed by atoms with Crippen LogP contribution in [0, 0.1) is 5.41 Å². The second kappa shape index (κ2) is 7.09. The zero-order chi connectivity index (χ0) is 11.8. The molecule has 1 rings (SSSR count). The molecule has 0 aromatic carbocycles. The molecule has 0 atom stereocenters. The van der Waals surface area contributed by atoms with Crippen LogP contribution in [0.15, 0.2) is 18.3 Å². The number of pyridine rings is 1. The second-order valence-electron chi connectivity index (χ2n) is 4.06. The number of hydrogen-bond acceptors (Lipinski definition) is 4. The molecule has 1 aromatic heterocycles. The van der Waals surface area contributed by atoms with E-state index < -0.39 is 0 Å². The van der Waals surface area contributed by atoms with E-state index in [0.717, 1.165) is 37.3 Å². The molecule has 0 fully saturated rings. The van der Waals surface area contributed by atoms with Crippen LogP contribution in [0.5, 0.6) is 0 Å². The van der Waals surface area contributed by atoms with Crippen LogP contribution in [0.1, 0.15) is 17.7 Å². The van der Waals surface area contributed by atoms with Crippen molar-refractivity contribution in [2.24, 2.45) is 0 Å². The smallest absolute Gasteiger partial charge is 0.0548 e. The van der Waals surface area contributed by atoms with Gasteiger partial charge in [0.15, 0.2) is 0 Å². The predicted molar refractivity (Wildman–Crippen MR) is 67.0 cm³/mol. The van der Waals surface area contributed by atoms with Crippen molar-refractivity contribution in [3.05, 3.63) is 29.6 Å². The third-order valence-electron chi connectivity index (χ3n) is 2.27. The van der Waals surface area contributed by atoms with Crippen LogP contribution in [-0.2, 0) is 6.54 Å². The number of aromatic nitrogens is 1. The fourth-order valence-corrected chi connectivity index (χ4v) is 1.42. The Balaban J connectivity index is 2.23. The van der Waals surface area contributed by atoms with Gasteiger partial charge in [0, 0.05) is 19.0 Å². The highest BCUT2D eigenvalue weighted by Crippen LogP contribution is 1.98. The van der Waals surface area contributed by atoms with E-state index in [4.69, 9.17) is 5.41 Å². The van der Waals surface area contributed by atoms with Gasteiger partial charge in [0.2, 0.25) is 0 Å². The number of rotatable bonds is 7. The average Bonchev–Trinajstić information content (AvgIpc) is 2.28. The van der Waals surface area contributed by atoms with Crippen LogP contribution >= 0.6 is 0 Å². The van der Waals surface area contributed by atoms with Gasteiger partial charge in [-0.25, -0.2) is 0 Å². The summed E-state index contributed by atoms with van der Waals surface area (Å²) in [6.45, 7) is 2.87. The van der Waals surface area contributed by atoms with Crippen molar-refractivity contribution in [3.63, 3.8) is 0 Å². The summed E-state index contributed by atoms with van der Waals surface area (Å²) >= 11 is 0. The van der Waals surface area contributed by atoms with Crippen LogP contribution in [0.2, 0.25) is 0 Å². The molecule has 0 spiro atoms. The molecule has 2 N–H and O–H groups in total. The molecular weight excluding hydrogens is 200 g/mol. The lowest BCUT2D eigenvalue weighted by atomic mass is 10.2. The average molecular weight is 220 g/mol. The van der Waals surface area contributed by atoms with Gasteiger partial charge in [-0.2, -0.15) is 0 Å². The van der Waals surface area contributed by atoms with Gasteiger partial charge in [-0.05, 0) is 51.3 Å². The van der Waals surface area contributed by atoms with Crippen molar-refractivity contribution in [2.75, 3.05) is 27.2 Å². The largest absolute Gasteiger partial charge is 0.311 e. The standard InChI is InChI=1S/C12H20N4/c1-16(2)7-3-5-14-10-12-8-11(9-13)4-6-15-12/h4,6,8-9,13-14H,3,5,7,10H2,1-2H3. The van der Waals surface area contributed by atoms with E-state index in [1.165, 1.54) is 6.21 Å². The van der Waals surface area contributed by atoms with Gasteiger partial charge in [-0.3, -0.25) is 4.98 Å². The van der Waals surface area contributed by atoms with Crippen molar-refractivity contribution < 1.29 is 0 Å². The minimum absolute atomic E-state index is 0.773. The van der Waals surface area contributed by atoms with Crippen LogP contribution in [0.3, 0.4) is 0 Å². The molecule has 0 saturated carbocycles. The summed E-state index contributed by atoms with van der Waals surface area (Å²) in [6, 6.07) is 3.77. The highest BCUT2D eigenvalue weighted by molar-refractivity contribution is 5.76. The van der Waals surface area contributed by atoms with E-state index in [0.29, 0.717) is 0 Å². The maximum Gasteiger partial charge on any atom is 0.0548 e. The molecule has 88 valence electrons. The van der Waals surface area contributed by atoms with E-state index in [1.807, 2.05) is 12.1 Å². The molecule has 4 nitrogen and oxygen atoms in total. The first kappa shape index (κ1) is 12.8. The van der Waals surface area contributed by atoms with Crippen molar-refractivity contribution in [3.8, 4) is 0 Å². The Kier molecular flexibility index (Phi) is 5.67. The van der Waals surface area contributed by atoms with Crippen LogP contribution in [-0.4, -0.2) is 43.3 Å². The summed E-state index contributed by atoms with van der Waals surface area (Å²) in [4.78, 5) is 6.42. The maximum atomic E-state index is 7.15. The van der Waals surface area contributed by atoms with Gasteiger partial charge in [0.1, 0.15) is 0 Å². The van der Waals surface area contributed by atoms with Crippen molar-refractivity contribution >= 4 is 6.21 Å². The Morgan fingerprint density at radius 3 is 3.00 bits per heavy atom. The Morgan fingerprint density at radius 1 is 1.50 bits per heavy atom. The molecule has 0 aliphatic carbocycles. The molecule has 0 amide bonds. The first-order chi connectivity index (χ1) is 7.72. The van der Waals surface area contributed by atoms with Crippen LogP contribution in [0.25, 0.3) is 0 Å². The summed E-state index contributed by atoms with van der Waals surface area (Å²) in [7, 11) is 4.16. The third-order valence-corrected chi connectivity index (χ3v) is 2.27. The van der Waals surface area contributed by atoms with Crippen molar-refractivity contribution in [1.82, 2.24) is 15.2 Å². The predicted octanol–water partition coefficient (Wildman–Crippen LogP) is 1.12. The lowest BCUT2D eigenvalue weighted by molar-refractivity contribution is 0.394. The van der Waals surface area contributed by atoms with Crippen molar-refractivity contribution in [1.29, 1.82) is 5.41 Å². The van der Waals surface area contributed by atoms with E-state index in [9.17, 15) is 0 Å². The quantitative estimate of drug-likeness (QED) is 0.535. The zero-order valence-corrected chi connectivity index (χ0v) is 10.0. The van der Waals surface area contributed by atoms with Gasteiger partial charge >= 0.3 is 0 Å². The highest BCUT2D eigenvalue weighted by Gasteiger charge is 1.95. The van der Waals surface area contributed by atoms with E-state index in [-0.39, 0.29) is 0 Å². The lowest BCUT2D eigenvalue weighted by Crippen LogP contribution is -2.21. The Morgan fingerprint density at radius 2 is 2.31 bits per heavy atom. The summed E-state index contributed by atoms with van der Waals surface area (Å²) in [5.74, 6) is 0. The topological polar surface area (TPSA) is 52.0 Å². The normalized spacial score (nSPS) is 10.7. The fraction of sp³-hybridized carbons (Fsp3) is 0.500. The molecule has 0 saturated heterocycles. The zero-order valence-electron chi connectivity index (χ0n) is 10.0. The van der Waals surface area contributed by atoms with Gasteiger partial charge in [0.25, 0.3) is 0 Å². The maximum absolute atomic E-state index is 7.15. The summed E-state index contributed by atoms with van der Waals surface area (Å²) < 4.78 is 0. The molecule has 1 aromatic rings. The number of nitrogens with zero attached hydrogens (tertiary/aromatic N) is 2. The summed E-state index contributed by atoms with van der Waals surface area (Å²) in [5.41, 5.74) is 1.89. The molecule has 0 bridgehead atoms. The van der Waals surface area contributed by atoms with Crippen LogP contribution < -0.4 is 5.32 Å². The molecule has 0 aliphatic heterocycles. The molecule has 0 radical (unpaired) electrons. The van der Waals surface area contributed by atoms with Gasteiger partial charge in [-0.1, -0.05) is 0 Å². The second-order valence-corrected chi connectivity index (χ2v) is 4.06. The Labute approximate surface area is 97.2 Å². The number of hydrogen-bond donors (Lipinski definition) is 2. The Bertz CT molecular complexity index is 323. The lowest BCUT2D eigenvalue weighted by Gasteiger charge is -2.09. The van der Waals surface area contributed by atoms with Gasteiger partial charge in [-0.15, -0.1) is 0 Å². The van der Waals surface area contributed by atoms with E-state index in [2.05, 4.69) is 29.3 Å². The SMILES string of the molecule is CN(C)CCCNCc1cc(C=N)ccn1. The first-order valence-electron chi connectivity index (χ1n) is 5.53. The van der Waals surface area contributed by atoms with Crippen molar-refractivity contribution in [2.45, 2.75) is 13.0 Å². The Hall–Kier alpha value is -1.26. The summed E-state index contributed by atoms with van der Waals surface area (Å²) in [5, 5.41) is 10.5. The molecular formula is C12H20N4. The number of nitrogens with one attached hydrogen (secondary N) is 2. The first-order valence-corrected chi connectivity index (χ1v) is 5.53. The molecule has 0 unspecified atom stereocenters. The van der Waals surface area contributed by atoms with Gasteiger partial charge < -0.3 is 15.6 Å². The monoisotopic (exact) mass is 220 g/mol. The molecule has 1 heterocycles. The van der Waals surface area contributed by atoms with Crippen LogP contribution in [0.4, 0.5) is 0 Å². The molecule has 16 heavy (non-hydrogen) atoms. The van der Waals surface area contributed by atoms with E-state index >= 15 is 0 Å². The summed E-state index contributed by atoms with van der Waals surface area (Å²) in [6.07, 6.45) is 4.23. The molecule has 0 aliphatic rings. The van der Waals surface area contributed by atoms with Gasteiger partial charge in [0.05, 0.1) is 5.69 Å². The van der Waals surface area contributed by atoms with E-state index in [1.54, 1.807) is 6.20 Å². The minimum atomic E-state index is 0.773.